The molecule has 0 fully saturated rings. The molecule has 0 bridgehead atoms. The SMILES string of the molecule is CCNc1c(N)cnn1CC. The number of nitrogens with zero attached hydrogens (tertiary/aromatic N) is 2. The Kier molecular flexibility index (Phi) is 2.36. The van der Waals surface area contributed by atoms with Crippen molar-refractivity contribution in [2.45, 2.75) is 20.4 Å². The minimum atomic E-state index is 0.716. The van der Waals surface area contributed by atoms with Gasteiger partial charge in [-0.15, -0.1) is 0 Å². The van der Waals surface area contributed by atoms with Gasteiger partial charge in [-0.05, 0) is 13.8 Å². The Balaban J connectivity index is 2.88. The summed E-state index contributed by atoms with van der Waals surface area (Å²) in [5, 5.41) is 7.23. The average molecular weight is 154 g/mol. The van der Waals surface area contributed by atoms with Crippen LogP contribution >= 0.6 is 0 Å². The summed E-state index contributed by atoms with van der Waals surface area (Å²) < 4.78 is 1.85. The van der Waals surface area contributed by atoms with Crippen molar-refractivity contribution < 1.29 is 0 Å². The Hall–Kier alpha value is -1.19. The molecule has 3 N–H and O–H groups in total. The number of hydrogen-bond donors (Lipinski definition) is 2. The molecule has 0 spiro atoms. The molecule has 4 nitrogen and oxygen atoms in total. The van der Waals surface area contributed by atoms with Crippen LogP contribution in [0.4, 0.5) is 11.5 Å². The quantitative estimate of drug-likeness (QED) is 0.680. The number of rotatable bonds is 3. The van der Waals surface area contributed by atoms with Gasteiger partial charge in [-0.1, -0.05) is 0 Å². The fourth-order valence-corrected chi connectivity index (χ4v) is 1.00. The van der Waals surface area contributed by atoms with E-state index in [9.17, 15) is 0 Å². The lowest BCUT2D eigenvalue weighted by molar-refractivity contribution is 0.665. The summed E-state index contributed by atoms with van der Waals surface area (Å²) in [5.74, 6) is 0.926. The highest BCUT2D eigenvalue weighted by atomic mass is 15.3. The fraction of sp³-hybridized carbons (Fsp3) is 0.571. The molecule has 1 heterocycles. The Labute approximate surface area is 66.4 Å². The monoisotopic (exact) mass is 154 g/mol. The molecule has 0 saturated carbocycles. The predicted octanol–water partition coefficient (Wildman–Crippen LogP) is 0.917. The molecule has 1 rings (SSSR count). The van der Waals surface area contributed by atoms with Crippen LogP contribution in [0.5, 0.6) is 0 Å². The summed E-state index contributed by atoms with van der Waals surface area (Å²) in [6, 6.07) is 0. The number of nitrogens with two attached hydrogens (primary N) is 1. The lowest BCUT2D eigenvalue weighted by Crippen LogP contribution is -2.07. The van der Waals surface area contributed by atoms with Gasteiger partial charge in [0.05, 0.1) is 11.9 Å². The van der Waals surface area contributed by atoms with Gasteiger partial charge in [-0.3, -0.25) is 0 Å². The molecule has 0 amide bonds. The van der Waals surface area contributed by atoms with Gasteiger partial charge in [0.1, 0.15) is 5.82 Å². The number of aromatic nitrogens is 2. The highest BCUT2D eigenvalue weighted by Gasteiger charge is 2.03. The first-order valence-corrected chi connectivity index (χ1v) is 3.84. The van der Waals surface area contributed by atoms with E-state index in [2.05, 4.69) is 10.4 Å². The highest BCUT2D eigenvalue weighted by Crippen LogP contribution is 2.16. The third-order valence-corrected chi connectivity index (χ3v) is 1.51. The lowest BCUT2D eigenvalue weighted by atomic mass is 10.5. The van der Waals surface area contributed by atoms with Crippen molar-refractivity contribution in [3.05, 3.63) is 6.20 Å². The fourth-order valence-electron chi connectivity index (χ4n) is 1.00. The van der Waals surface area contributed by atoms with Crippen molar-refractivity contribution in [3.8, 4) is 0 Å². The second-order valence-electron chi connectivity index (χ2n) is 2.29. The van der Waals surface area contributed by atoms with Gasteiger partial charge in [0, 0.05) is 13.1 Å². The van der Waals surface area contributed by atoms with Crippen LogP contribution in [-0.4, -0.2) is 16.3 Å². The van der Waals surface area contributed by atoms with Crippen LogP contribution < -0.4 is 11.1 Å². The largest absolute Gasteiger partial charge is 0.394 e. The van der Waals surface area contributed by atoms with E-state index in [4.69, 9.17) is 5.73 Å². The Morgan fingerprint density at radius 3 is 2.91 bits per heavy atom. The Bertz CT molecular complexity index is 228. The number of nitrogens with one attached hydrogen (secondary N) is 1. The summed E-state index contributed by atoms with van der Waals surface area (Å²) >= 11 is 0. The number of nitrogen functional groups attached to an aromatic ring is 1. The standard InChI is InChI=1S/C7H14N4/c1-3-9-7-6(8)5-10-11(7)4-2/h5,9H,3-4,8H2,1-2H3. The highest BCUT2D eigenvalue weighted by molar-refractivity contribution is 5.60. The zero-order valence-corrected chi connectivity index (χ0v) is 6.96. The van der Waals surface area contributed by atoms with Crippen molar-refractivity contribution in [3.63, 3.8) is 0 Å². The third kappa shape index (κ3) is 1.45. The molecule has 0 aliphatic carbocycles. The summed E-state index contributed by atoms with van der Waals surface area (Å²) in [4.78, 5) is 0. The van der Waals surface area contributed by atoms with Crippen LogP contribution in [-0.2, 0) is 6.54 Å². The molecule has 62 valence electrons. The lowest BCUT2D eigenvalue weighted by Gasteiger charge is -2.05. The summed E-state index contributed by atoms with van der Waals surface area (Å²) in [5.41, 5.74) is 6.37. The zero-order valence-electron chi connectivity index (χ0n) is 6.96. The Morgan fingerprint density at radius 1 is 1.64 bits per heavy atom. The molecule has 0 aliphatic heterocycles. The maximum atomic E-state index is 5.66. The minimum absolute atomic E-state index is 0.716. The van der Waals surface area contributed by atoms with Crippen molar-refractivity contribution in [2.75, 3.05) is 17.6 Å². The summed E-state index contributed by atoms with van der Waals surface area (Å²) in [6.07, 6.45) is 1.67. The number of aryl methyl sites for hydroxylation is 1. The first-order valence-electron chi connectivity index (χ1n) is 3.84. The Morgan fingerprint density at radius 2 is 2.36 bits per heavy atom. The van der Waals surface area contributed by atoms with E-state index in [-0.39, 0.29) is 0 Å². The van der Waals surface area contributed by atoms with Gasteiger partial charge >= 0.3 is 0 Å². The van der Waals surface area contributed by atoms with Gasteiger partial charge in [-0.25, -0.2) is 4.68 Å². The van der Waals surface area contributed by atoms with Crippen LogP contribution in [0.25, 0.3) is 0 Å². The summed E-state index contributed by atoms with van der Waals surface area (Å²) in [7, 11) is 0. The van der Waals surface area contributed by atoms with Crippen molar-refractivity contribution >= 4 is 11.5 Å². The first-order chi connectivity index (χ1) is 5.29. The predicted molar refractivity (Wildman–Crippen MR) is 46.5 cm³/mol. The van der Waals surface area contributed by atoms with Gasteiger partial charge in [0.2, 0.25) is 0 Å². The number of anilines is 2. The second kappa shape index (κ2) is 3.27. The van der Waals surface area contributed by atoms with Crippen LogP contribution in [0.2, 0.25) is 0 Å². The van der Waals surface area contributed by atoms with Crippen molar-refractivity contribution in [2.24, 2.45) is 0 Å². The maximum Gasteiger partial charge on any atom is 0.147 e. The van der Waals surface area contributed by atoms with Crippen molar-refractivity contribution in [1.29, 1.82) is 0 Å². The van der Waals surface area contributed by atoms with Gasteiger partial charge in [-0.2, -0.15) is 5.10 Å². The minimum Gasteiger partial charge on any atom is -0.394 e. The van der Waals surface area contributed by atoms with E-state index >= 15 is 0 Å². The van der Waals surface area contributed by atoms with E-state index in [0.29, 0.717) is 5.69 Å². The van der Waals surface area contributed by atoms with Gasteiger partial charge in [0.25, 0.3) is 0 Å². The van der Waals surface area contributed by atoms with Crippen LogP contribution in [0.1, 0.15) is 13.8 Å². The summed E-state index contributed by atoms with van der Waals surface area (Å²) in [6.45, 7) is 5.79. The van der Waals surface area contributed by atoms with Gasteiger partial charge in [0.15, 0.2) is 0 Å². The third-order valence-electron chi connectivity index (χ3n) is 1.51. The number of hydrogen-bond acceptors (Lipinski definition) is 3. The zero-order chi connectivity index (χ0) is 8.27. The van der Waals surface area contributed by atoms with Crippen LogP contribution in [0.3, 0.4) is 0 Å². The molecule has 1 aromatic rings. The molecule has 1 aromatic heterocycles. The molecule has 11 heavy (non-hydrogen) atoms. The molecule has 0 aromatic carbocycles. The molecule has 0 unspecified atom stereocenters. The second-order valence-corrected chi connectivity index (χ2v) is 2.29. The van der Waals surface area contributed by atoms with E-state index < -0.39 is 0 Å². The first kappa shape index (κ1) is 7.91. The van der Waals surface area contributed by atoms with Crippen LogP contribution in [0.15, 0.2) is 6.20 Å². The smallest absolute Gasteiger partial charge is 0.147 e. The normalized spacial score (nSPS) is 10.0. The molecule has 0 atom stereocenters. The van der Waals surface area contributed by atoms with Gasteiger partial charge < -0.3 is 11.1 Å². The van der Waals surface area contributed by atoms with E-state index in [0.717, 1.165) is 18.9 Å². The van der Waals surface area contributed by atoms with E-state index in [1.807, 2.05) is 18.5 Å². The van der Waals surface area contributed by atoms with E-state index in [1.54, 1.807) is 6.20 Å². The topological polar surface area (TPSA) is 55.9 Å². The molecule has 0 radical (unpaired) electrons. The maximum absolute atomic E-state index is 5.66. The molecule has 0 aliphatic rings. The molecule has 0 saturated heterocycles. The average Bonchev–Trinajstić information content (AvgIpc) is 2.34. The molecular formula is C7H14N4. The van der Waals surface area contributed by atoms with Crippen LogP contribution in [0, 0.1) is 0 Å². The molecule has 4 heteroatoms. The van der Waals surface area contributed by atoms with Crippen molar-refractivity contribution in [1.82, 2.24) is 9.78 Å². The molecular weight excluding hydrogens is 140 g/mol. The van der Waals surface area contributed by atoms with E-state index in [1.165, 1.54) is 0 Å².